The summed E-state index contributed by atoms with van der Waals surface area (Å²) < 4.78 is 7.64. The highest BCUT2D eigenvalue weighted by molar-refractivity contribution is 8.00. The maximum Gasteiger partial charge on any atom is 0.311 e. The highest BCUT2D eigenvalue weighted by atomic mass is 32.2. The van der Waals surface area contributed by atoms with E-state index in [1.807, 2.05) is 39.0 Å². The summed E-state index contributed by atoms with van der Waals surface area (Å²) in [4.78, 5) is 18.2. The molecule has 0 atom stereocenters. The molecule has 200 valence electrons. The quantitative estimate of drug-likeness (QED) is 0.187. The number of phenols is 1. The molecular weight excluding hydrogens is 494 g/mol. The van der Waals surface area contributed by atoms with Crippen LogP contribution in [0.5, 0.6) is 5.75 Å². The summed E-state index contributed by atoms with van der Waals surface area (Å²) in [7, 11) is 0. The molecule has 4 rings (SSSR count). The molecular formula is C31H37N3O3S. The molecule has 0 spiro atoms. The zero-order valence-corrected chi connectivity index (χ0v) is 23.9. The number of carbonyl (C=O) groups excluding carboxylic acids is 1. The number of aromatic hydroxyl groups is 1. The minimum Gasteiger partial charge on any atom is -0.508 e. The third-order valence-electron chi connectivity index (χ3n) is 6.36. The SMILES string of the molecule is CCOC(=O)C(C)(C)Cc1c(SC(C)(C)C)c2cc(O)ccc2n1Cc1ccc(-c2ccc(N)nc2)cc1. The van der Waals surface area contributed by atoms with E-state index in [1.165, 1.54) is 0 Å². The Morgan fingerprint density at radius 3 is 2.32 bits per heavy atom. The summed E-state index contributed by atoms with van der Waals surface area (Å²) in [6.45, 7) is 13.2. The molecule has 3 N–H and O–H groups in total. The van der Waals surface area contributed by atoms with Gasteiger partial charge in [-0.3, -0.25) is 4.79 Å². The Morgan fingerprint density at radius 2 is 1.71 bits per heavy atom. The van der Waals surface area contributed by atoms with E-state index < -0.39 is 5.41 Å². The molecule has 0 fully saturated rings. The molecule has 0 saturated heterocycles. The number of esters is 1. The number of pyridine rings is 1. The van der Waals surface area contributed by atoms with Gasteiger partial charge >= 0.3 is 5.97 Å². The zero-order valence-electron chi connectivity index (χ0n) is 23.0. The molecule has 4 aromatic rings. The highest BCUT2D eigenvalue weighted by Gasteiger charge is 2.34. The molecule has 0 bridgehead atoms. The van der Waals surface area contributed by atoms with Crippen LogP contribution in [0.1, 0.15) is 52.8 Å². The van der Waals surface area contributed by atoms with Gasteiger partial charge in [-0.2, -0.15) is 0 Å². The maximum atomic E-state index is 12.9. The van der Waals surface area contributed by atoms with Crippen molar-refractivity contribution in [3.05, 3.63) is 72.1 Å². The molecule has 0 aliphatic rings. The van der Waals surface area contributed by atoms with Crippen molar-refractivity contribution < 1.29 is 14.6 Å². The van der Waals surface area contributed by atoms with Gasteiger partial charge in [0, 0.05) is 51.0 Å². The first kappa shape index (κ1) is 27.6. The molecule has 7 heteroatoms. The first-order valence-electron chi connectivity index (χ1n) is 12.9. The van der Waals surface area contributed by atoms with Gasteiger partial charge in [-0.25, -0.2) is 4.98 Å². The van der Waals surface area contributed by atoms with Crippen molar-refractivity contribution in [2.45, 2.75) is 64.2 Å². The molecule has 2 aromatic heterocycles. The number of hydrogen-bond donors (Lipinski definition) is 2. The standard InChI is InChI=1S/C31H37N3O3S/c1-7-37-29(36)31(5,6)17-26-28(38-30(2,3)4)24-16-23(35)13-14-25(24)34(26)19-20-8-10-21(11-9-20)22-12-15-27(32)33-18-22/h8-16,18,35H,7,17,19H2,1-6H3,(H2,32,33). The second-order valence-electron chi connectivity index (χ2n) is 11.2. The second kappa shape index (κ2) is 10.7. The molecule has 0 radical (unpaired) electrons. The summed E-state index contributed by atoms with van der Waals surface area (Å²) in [5, 5.41) is 11.4. The fourth-order valence-electron chi connectivity index (χ4n) is 4.52. The maximum absolute atomic E-state index is 12.9. The highest BCUT2D eigenvalue weighted by Crippen LogP contribution is 2.44. The van der Waals surface area contributed by atoms with Crippen LogP contribution in [0.25, 0.3) is 22.0 Å². The second-order valence-corrected chi connectivity index (χ2v) is 13.1. The smallest absolute Gasteiger partial charge is 0.311 e. The van der Waals surface area contributed by atoms with Gasteiger partial charge in [0.05, 0.1) is 12.0 Å². The van der Waals surface area contributed by atoms with E-state index in [-0.39, 0.29) is 16.5 Å². The molecule has 0 saturated carbocycles. The van der Waals surface area contributed by atoms with Crippen molar-refractivity contribution >= 4 is 34.5 Å². The van der Waals surface area contributed by atoms with Gasteiger partial charge in [0.1, 0.15) is 11.6 Å². The van der Waals surface area contributed by atoms with E-state index in [4.69, 9.17) is 10.5 Å². The van der Waals surface area contributed by atoms with Crippen molar-refractivity contribution in [1.82, 2.24) is 9.55 Å². The summed E-state index contributed by atoms with van der Waals surface area (Å²) in [6.07, 6.45) is 2.29. The van der Waals surface area contributed by atoms with E-state index in [9.17, 15) is 9.90 Å². The lowest BCUT2D eigenvalue weighted by Crippen LogP contribution is -2.30. The lowest BCUT2D eigenvalue weighted by atomic mass is 9.87. The van der Waals surface area contributed by atoms with Crippen LogP contribution in [0.3, 0.4) is 0 Å². The number of carbonyl (C=O) groups is 1. The van der Waals surface area contributed by atoms with Crippen LogP contribution >= 0.6 is 11.8 Å². The fraction of sp³-hybridized carbons (Fsp3) is 0.355. The summed E-state index contributed by atoms with van der Waals surface area (Å²) >= 11 is 1.76. The predicted octanol–water partition coefficient (Wildman–Crippen LogP) is 7.06. The number of nitrogens with zero attached hydrogens (tertiary/aromatic N) is 2. The molecule has 2 aromatic carbocycles. The Balaban J connectivity index is 1.81. The van der Waals surface area contributed by atoms with E-state index in [0.717, 1.165) is 38.2 Å². The number of nitrogens with two attached hydrogens (primary N) is 1. The van der Waals surface area contributed by atoms with Gasteiger partial charge < -0.3 is 20.1 Å². The number of nitrogen functional groups attached to an aromatic ring is 1. The molecule has 38 heavy (non-hydrogen) atoms. The molecule has 2 heterocycles. The van der Waals surface area contributed by atoms with Crippen molar-refractivity contribution in [2.75, 3.05) is 12.3 Å². The molecule has 0 aliphatic carbocycles. The topological polar surface area (TPSA) is 90.4 Å². The van der Waals surface area contributed by atoms with Crippen molar-refractivity contribution in [3.63, 3.8) is 0 Å². The molecule has 6 nitrogen and oxygen atoms in total. The van der Waals surface area contributed by atoms with Crippen molar-refractivity contribution in [3.8, 4) is 16.9 Å². The Morgan fingerprint density at radius 1 is 1.03 bits per heavy atom. The number of anilines is 1. The number of benzene rings is 2. The number of thioether (sulfide) groups is 1. The predicted molar refractivity (Wildman–Crippen MR) is 157 cm³/mol. The van der Waals surface area contributed by atoms with E-state index in [1.54, 1.807) is 30.1 Å². The van der Waals surface area contributed by atoms with Crippen LogP contribution in [0.2, 0.25) is 0 Å². The Bertz CT molecular complexity index is 1430. The first-order chi connectivity index (χ1) is 17.9. The minimum atomic E-state index is -0.719. The minimum absolute atomic E-state index is 0.0673. The van der Waals surface area contributed by atoms with E-state index in [2.05, 4.69) is 54.6 Å². The lowest BCUT2D eigenvalue weighted by Gasteiger charge is -2.26. The number of ether oxygens (including phenoxy) is 1. The Kier molecular flexibility index (Phi) is 7.79. The Hall–Kier alpha value is -3.45. The zero-order chi connectivity index (χ0) is 27.7. The number of hydrogen-bond acceptors (Lipinski definition) is 6. The van der Waals surface area contributed by atoms with Crippen LogP contribution in [0, 0.1) is 5.41 Å². The van der Waals surface area contributed by atoms with Crippen LogP contribution in [-0.4, -0.2) is 32.0 Å². The summed E-state index contributed by atoms with van der Waals surface area (Å²) in [5.41, 5.74) is 10.3. The summed E-state index contributed by atoms with van der Waals surface area (Å²) in [6, 6.07) is 17.7. The van der Waals surface area contributed by atoms with Gasteiger partial charge in [-0.15, -0.1) is 11.8 Å². The third kappa shape index (κ3) is 6.16. The fourth-order valence-corrected chi connectivity index (χ4v) is 5.71. The average Bonchev–Trinajstić information content (AvgIpc) is 3.10. The van der Waals surface area contributed by atoms with Crippen LogP contribution in [0.4, 0.5) is 5.82 Å². The first-order valence-corrected chi connectivity index (χ1v) is 13.7. The van der Waals surface area contributed by atoms with E-state index >= 15 is 0 Å². The van der Waals surface area contributed by atoms with Crippen LogP contribution < -0.4 is 5.73 Å². The third-order valence-corrected chi connectivity index (χ3v) is 7.64. The number of phenolic OH excluding ortho intramolecular Hbond substituents is 1. The van der Waals surface area contributed by atoms with E-state index in [0.29, 0.717) is 25.4 Å². The van der Waals surface area contributed by atoms with Gasteiger partial charge in [0.2, 0.25) is 0 Å². The van der Waals surface area contributed by atoms with Crippen LogP contribution in [0.15, 0.2) is 65.7 Å². The van der Waals surface area contributed by atoms with Gasteiger partial charge in [-0.1, -0.05) is 45.0 Å². The lowest BCUT2D eigenvalue weighted by molar-refractivity contribution is -0.153. The molecule has 0 unspecified atom stereocenters. The van der Waals surface area contributed by atoms with Crippen molar-refractivity contribution in [2.24, 2.45) is 5.41 Å². The van der Waals surface area contributed by atoms with Crippen molar-refractivity contribution in [1.29, 1.82) is 0 Å². The van der Waals surface area contributed by atoms with Gasteiger partial charge in [0.25, 0.3) is 0 Å². The normalized spacial score (nSPS) is 12.2. The van der Waals surface area contributed by atoms with Gasteiger partial charge in [0.15, 0.2) is 0 Å². The molecule has 0 amide bonds. The number of aromatic nitrogens is 2. The number of rotatable bonds is 8. The summed E-state index contributed by atoms with van der Waals surface area (Å²) in [5.74, 6) is 0.508. The van der Waals surface area contributed by atoms with Gasteiger partial charge in [-0.05, 0) is 62.2 Å². The average molecular weight is 532 g/mol. The molecule has 0 aliphatic heterocycles. The Labute approximate surface area is 229 Å². The van der Waals surface area contributed by atoms with Crippen LogP contribution in [-0.2, 0) is 22.5 Å². The number of fused-ring (bicyclic) bond motifs is 1. The largest absolute Gasteiger partial charge is 0.508 e. The monoisotopic (exact) mass is 531 g/mol.